The lowest BCUT2D eigenvalue weighted by Gasteiger charge is -2.36. The number of rotatable bonds is 4. The lowest BCUT2D eigenvalue weighted by molar-refractivity contribution is -0.384. The molecule has 0 atom stereocenters. The SMILES string of the molecule is CC(C)(C)N(CC(=O)O)c1ccc(Br)cc1[N+](=O)[O-]. The van der Waals surface area contributed by atoms with Crippen molar-refractivity contribution >= 4 is 33.3 Å². The third-order valence-corrected chi connectivity index (χ3v) is 3.02. The summed E-state index contributed by atoms with van der Waals surface area (Å²) in [6.07, 6.45) is 0. The summed E-state index contributed by atoms with van der Waals surface area (Å²) >= 11 is 3.18. The standard InChI is InChI=1S/C12H15BrN2O4/c1-12(2,3)14(7-11(16)17)9-5-4-8(13)6-10(9)15(18)19/h4-6H,7H2,1-3H3,(H,16,17). The first-order chi connectivity index (χ1) is 8.62. The molecular weight excluding hydrogens is 316 g/mol. The number of carboxylic acids is 1. The van der Waals surface area contributed by atoms with Crippen LogP contribution in [0.4, 0.5) is 11.4 Å². The zero-order valence-electron chi connectivity index (χ0n) is 10.9. The summed E-state index contributed by atoms with van der Waals surface area (Å²) in [6, 6.07) is 4.58. The van der Waals surface area contributed by atoms with Crippen molar-refractivity contribution in [1.29, 1.82) is 0 Å². The van der Waals surface area contributed by atoms with Gasteiger partial charge < -0.3 is 10.0 Å². The molecule has 104 valence electrons. The van der Waals surface area contributed by atoms with E-state index in [4.69, 9.17) is 5.11 Å². The molecule has 0 aliphatic heterocycles. The number of nitro benzene ring substituents is 1. The van der Waals surface area contributed by atoms with Crippen LogP contribution >= 0.6 is 15.9 Å². The van der Waals surface area contributed by atoms with Crippen molar-refractivity contribution in [1.82, 2.24) is 0 Å². The zero-order chi connectivity index (χ0) is 14.8. The minimum absolute atomic E-state index is 0.120. The van der Waals surface area contributed by atoms with E-state index in [-0.39, 0.29) is 12.2 Å². The molecule has 0 aliphatic rings. The highest BCUT2D eigenvalue weighted by Gasteiger charge is 2.29. The van der Waals surface area contributed by atoms with Crippen LogP contribution in [-0.2, 0) is 4.79 Å². The van der Waals surface area contributed by atoms with Gasteiger partial charge in [-0.1, -0.05) is 15.9 Å². The Morgan fingerprint density at radius 2 is 2.05 bits per heavy atom. The Kier molecular flexibility index (Phi) is 4.52. The maximum atomic E-state index is 11.1. The lowest BCUT2D eigenvalue weighted by Crippen LogP contribution is -2.45. The third kappa shape index (κ3) is 3.92. The molecule has 0 radical (unpaired) electrons. The van der Waals surface area contributed by atoms with Gasteiger partial charge in [-0.3, -0.25) is 14.9 Å². The van der Waals surface area contributed by atoms with Gasteiger partial charge in [-0.05, 0) is 32.9 Å². The molecule has 1 aromatic rings. The highest BCUT2D eigenvalue weighted by molar-refractivity contribution is 9.10. The van der Waals surface area contributed by atoms with Crippen LogP contribution in [0, 0.1) is 10.1 Å². The van der Waals surface area contributed by atoms with Crippen LogP contribution in [0.5, 0.6) is 0 Å². The number of carboxylic acid groups (broad SMARTS) is 1. The predicted octanol–water partition coefficient (Wildman–Crippen LogP) is 3.05. The van der Waals surface area contributed by atoms with E-state index in [0.717, 1.165) is 0 Å². The molecule has 0 saturated heterocycles. The Morgan fingerprint density at radius 3 is 2.47 bits per heavy atom. The molecule has 0 unspecified atom stereocenters. The number of nitrogens with zero attached hydrogens (tertiary/aromatic N) is 2. The molecule has 0 saturated carbocycles. The number of hydrogen-bond donors (Lipinski definition) is 1. The average molecular weight is 331 g/mol. The van der Waals surface area contributed by atoms with Gasteiger partial charge in [0, 0.05) is 16.1 Å². The van der Waals surface area contributed by atoms with E-state index in [1.54, 1.807) is 12.1 Å². The Bertz CT molecular complexity index is 511. The molecule has 6 nitrogen and oxygen atoms in total. The van der Waals surface area contributed by atoms with Gasteiger partial charge in [0.05, 0.1) is 4.92 Å². The van der Waals surface area contributed by atoms with E-state index >= 15 is 0 Å². The molecule has 0 aromatic heterocycles. The van der Waals surface area contributed by atoms with E-state index in [9.17, 15) is 14.9 Å². The van der Waals surface area contributed by atoms with Crippen molar-refractivity contribution < 1.29 is 14.8 Å². The minimum Gasteiger partial charge on any atom is -0.480 e. The van der Waals surface area contributed by atoms with Crippen molar-refractivity contribution in [2.45, 2.75) is 26.3 Å². The number of anilines is 1. The topological polar surface area (TPSA) is 83.7 Å². The van der Waals surface area contributed by atoms with E-state index in [1.165, 1.54) is 11.0 Å². The molecule has 0 aliphatic carbocycles. The zero-order valence-corrected chi connectivity index (χ0v) is 12.5. The summed E-state index contributed by atoms with van der Waals surface area (Å²) in [4.78, 5) is 23.0. The van der Waals surface area contributed by atoms with Crippen molar-refractivity contribution in [2.75, 3.05) is 11.4 Å². The van der Waals surface area contributed by atoms with Gasteiger partial charge in [-0.2, -0.15) is 0 Å². The van der Waals surface area contributed by atoms with E-state index in [2.05, 4.69) is 15.9 Å². The first kappa shape index (κ1) is 15.4. The second kappa shape index (κ2) is 5.56. The summed E-state index contributed by atoms with van der Waals surface area (Å²) in [5, 5.41) is 20.1. The largest absolute Gasteiger partial charge is 0.480 e. The van der Waals surface area contributed by atoms with E-state index in [0.29, 0.717) is 10.2 Å². The van der Waals surface area contributed by atoms with Crippen LogP contribution in [0.3, 0.4) is 0 Å². The lowest BCUT2D eigenvalue weighted by atomic mass is 10.0. The van der Waals surface area contributed by atoms with Crippen LogP contribution in [0.2, 0.25) is 0 Å². The second-order valence-corrected chi connectivity index (χ2v) is 5.96. The quantitative estimate of drug-likeness (QED) is 0.677. The monoisotopic (exact) mass is 330 g/mol. The van der Waals surface area contributed by atoms with Crippen molar-refractivity contribution in [3.63, 3.8) is 0 Å². The highest BCUT2D eigenvalue weighted by Crippen LogP contribution is 2.34. The van der Waals surface area contributed by atoms with Crippen molar-refractivity contribution in [2.24, 2.45) is 0 Å². The molecule has 0 bridgehead atoms. The second-order valence-electron chi connectivity index (χ2n) is 5.04. The van der Waals surface area contributed by atoms with Crippen LogP contribution in [0.15, 0.2) is 22.7 Å². The van der Waals surface area contributed by atoms with Gasteiger partial charge in [-0.25, -0.2) is 0 Å². The molecule has 19 heavy (non-hydrogen) atoms. The number of carbonyl (C=O) groups is 1. The van der Waals surface area contributed by atoms with Gasteiger partial charge in [-0.15, -0.1) is 0 Å². The fraction of sp³-hybridized carbons (Fsp3) is 0.417. The Labute approximate surface area is 119 Å². The molecule has 0 heterocycles. The molecule has 1 N–H and O–H groups in total. The van der Waals surface area contributed by atoms with Crippen molar-refractivity contribution in [3.8, 4) is 0 Å². The fourth-order valence-corrected chi connectivity index (χ4v) is 2.04. The number of hydrogen-bond acceptors (Lipinski definition) is 4. The van der Waals surface area contributed by atoms with Crippen LogP contribution in [0.25, 0.3) is 0 Å². The smallest absolute Gasteiger partial charge is 0.323 e. The Morgan fingerprint density at radius 1 is 1.47 bits per heavy atom. The van der Waals surface area contributed by atoms with Crippen molar-refractivity contribution in [3.05, 3.63) is 32.8 Å². The first-order valence-corrected chi connectivity index (χ1v) is 6.35. The van der Waals surface area contributed by atoms with Crippen LogP contribution in [-0.4, -0.2) is 28.1 Å². The molecular formula is C12H15BrN2O4. The molecule has 1 aromatic carbocycles. The summed E-state index contributed by atoms with van der Waals surface area (Å²) in [7, 11) is 0. The Hall–Kier alpha value is -1.63. The number of nitro groups is 1. The van der Waals surface area contributed by atoms with Gasteiger partial charge in [0.2, 0.25) is 0 Å². The van der Waals surface area contributed by atoms with Gasteiger partial charge in [0.15, 0.2) is 0 Å². The molecule has 0 spiro atoms. The summed E-state index contributed by atoms with van der Waals surface area (Å²) in [5.74, 6) is -1.04. The summed E-state index contributed by atoms with van der Waals surface area (Å²) in [6.45, 7) is 5.12. The normalized spacial score (nSPS) is 11.2. The van der Waals surface area contributed by atoms with Gasteiger partial charge in [0.25, 0.3) is 5.69 Å². The summed E-state index contributed by atoms with van der Waals surface area (Å²) < 4.78 is 0.576. The molecule has 7 heteroatoms. The third-order valence-electron chi connectivity index (χ3n) is 2.53. The highest BCUT2D eigenvalue weighted by atomic mass is 79.9. The molecule has 0 amide bonds. The number of benzene rings is 1. The Balaban J connectivity index is 3.37. The average Bonchev–Trinajstić information content (AvgIpc) is 2.24. The maximum absolute atomic E-state index is 11.1. The molecule has 1 rings (SSSR count). The minimum atomic E-state index is -1.04. The fourth-order valence-electron chi connectivity index (χ4n) is 1.69. The van der Waals surface area contributed by atoms with Crippen LogP contribution in [0.1, 0.15) is 20.8 Å². The van der Waals surface area contributed by atoms with E-state index < -0.39 is 16.4 Å². The van der Waals surface area contributed by atoms with Gasteiger partial charge in [0.1, 0.15) is 12.2 Å². The summed E-state index contributed by atoms with van der Waals surface area (Å²) in [5.41, 5.74) is -0.370. The number of aliphatic carboxylic acids is 1. The number of halogens is 1. The van der Waals surface area contributed by atoms with Crippen LogP contribution < -0.4 is 4.90 Å². The predicted molar refractivity (Wildman–Crippen MR) is 75.5 cm³/mol. The first-order valence-electron chi connectivity index (χ1n) is 5.56. The van der Waals surface area contributed by atoms with E-state index in [1.807, 2.05) is 20.8 Å². The van der Waals surface area contributed by atoms with Gasteiger partial charge >= 0.3 is 5.97 Å². The maximum Gasteiger partial charge on any atom is 0.323 e. The molecule has 0 fully saturated rings.